The Balaban J connectivity index is 1.03. The van der Waals surface area contributed by atoms with E-state index >= 15 is 0 Å². The monoisotopic (exact) mass is 878 g/mol. The van der Waals surface area contributed by atoms with Crippen molar-refractivity contribution in [3.8, 4) is 91.8 Å². The van der Waals surface area contributed by atoms with Gasteiger partial charge in [0.25, 0.3) is 0 Å². The number of aryl methyl sites for hydroxylation is 2. The zero-order valence-corrected chi connectivity index (χ0v) is 35.3. The number of anilines is 2. The minimum atomic E-state index is -1.32. The van der Waals surface area contributed by atoms with Crippen LogP contribution in [0.4, 0.5) is 11.4 Å². The van der Waals surface area contributed by atoms with E-state index in [0.29, 0.717) is 96.2 Å². The van der Waals surface area contributed by atoms with E-state index in [0.717, 1.165) is 60.0 Å². The Morgan fingerprint density at radius 1 is 0.617 bits per heavy atom. The van der Waals surface area contributed by atoms with Crippen LogP contribution >= 0.6 is 45.3 Å². The van der Waals surface area contributed by atoms with E-state index in [1.807, 2.05) is 0 Å². The number of nitriles is 1. The smallest absolute Gasteiger partial charge is 0.346 e. The van der Waals surface area contributed by atoms with E-state index in [1.165, 1.54) is 51.3 Å². The van der Waals surface area contributed by atoms with Gasteiger partial charge in [-0.1, -0.05) is 24.3 Å². The van der Waals surface area contributed by atoms with Gasteiger partial charge in [0.1, 0.15) is 64.5 Å². The molecule has 0 saturated heterocycles. The summed E-state index contributed by atoms with van der Waals surface area (Å²) in [6.07, 6.45) is 3.21. The van der Waals surface area contributed by atoms with Gasteiger partial charge in [0.05, 0.1) is 39.0 Å². The molecule has 1 N–H and O–H groups in total. The van der Waals surface area contributed by atoms with Crippen LogP contribution in [0.5, 0.6) is 46.0 Å². The Bertz CT molecular complexity index is 2810. The Hall–Kier alpha value is -5.86. The number of hydrogen-bond acceptors (Lipinski definition) is 15. The first-order chi connectivity index (χ1) is 29.5. The third-order valence-corrected chi connectivity index (χ3v) is 15.9. The highest BCUT2D eigenvalue weighted by molar-refractivity contribution is 7.30. The normalized spacial score (nSPS) is 16.1. The average Bonchev–Trinajstić information content (AvgIpc) is 4.04. The molecule has 0 bridgehead atoms. The van der Waals surface area contributed by atoms with Crippen molar-refractivity contribution in [3.63, 3.8) is 0 Å². The highest BCUT2D eigenvalue weighted by atomic mass is 32.1. The number of carboxylic acid groups (broad SMARTS) is 1. The molecule has 60 heavy (non-hydrogen) atoms. The van der Waals surface area contributed by atoms with Gasteiger partial charge in [-0.05, 0) is 60.7 Å². The van der Waals surface area contributed by atoms with Crippen LogP contribution in [0.1, 0.15) is 22.9 Å². The number of para-hydroxylation sites is 1. The average molecular weight is 879 g/mol. The maximum atomic E-state index is 11.8. The number of ether oxygens (including phenoxy) is 8. The maximum absolute atomic E-state index is 11.8. The van der Waals surface area contributed by atoms with Gasteiger partial charge in [0.2, 0.25) is 0 Å². The van der Waals surface area contributed by atoms with Gasteiger partial charge in [0, 0.05) is 17.9 Å². The molecule has 0 radical (unpaired) electrons. The van der Waals surface area contributed by atoms with Gasteiger partial charge in [-0.15, -0.1) is 45.3 Å². The molecule has 6 aromatic rings. The van der Waals surface area contributed by atoms with Crippen molar-refractivity contribution in [1.29, 1.82) is 5.26 Å². The van der Waals surface area contributed by atoms with Crippen molar-refractivity contribution in [2.45, 2.75) is 19.8 Å². The zero-order chi connectivity index (χ0) is 40.5. The standard InChI is InChI=1S/C44H34N2O10S4/c1-2-46-26-6-4-3-5-22(26)7-8-23-19-24(9-10-27(23)46)37-31-32(52-14-13-51-31)40(58-37)41-35-36(56-18-17-55-35)43(60-41)42-34-33(53-15-16-54-34)39(59-42)38-30-29(49-11-12-50-30)28(57-38)20-25(21-45)44(47)48/h3-6,9-10,19-20H,2,7-8,11-18H2,1H3,(H,47,48)/b25-20+. The van der Waals surface area contributed by atoms with Gasteiger partial charge in [-0.25, -0.2) is 4.79 Å². The third kappa shape index (κ3) is 5.97. The fourth-order valence-corrected chi connectivity index (χ4v) is 13.3. The summed E-state index contributed by atoms with van der Waals surface area (Å²) in [4.78, 5) is 20.5. The number of aliphatic carboxylic acids is 1. The van der Waals surface area contributed by atoms with E-state index in [4.69, 9.17) is 37.9 Å². The molecule has 2 aromatic carbocycles. The number of thiophene rings is 4. The highest BCUT2D eigenvalue weighted by Crippen LogP contribution is 2.66. The van der Waals surface area contributed by atoms with Crippen molar-refractivity contribution in [2.24, 2.45) is 0 Å². The first-order valence-electron chi connectivity index (χ1n) is 19.5. The van der Waals surface area contributed by atoms with E-state index in [2.05, 4.69) is 54.3 Å². The lowest BCUT2D eigenvalue weighted by Crippen LogP contribution is -2.17. The molecule has 0 aliphatic carbocycles. The molecule has 0 spiro atoms. The zero-order valence-electron chi connectivity index (χ0n) is 32.0. The number of carbonyl (C=O) groups is 1. The summed E-state index contributed by atoms with van der Waals surface area (Å²) in [6.45, 7) is 5.98. The topological polar surface area (TPSA) is 138 Å². The van der Waals surface area contributed by atoms with Crippen LogP contribution in [0.3, 0.4) is 0 Å². The molecule has 12 nitrogen and oxygen atoms in total. The number of nitrogens with zero attached hydrogens (tertiary/aromatic N) is 2. The number of benzene rings is 2. The van der Waals surface area contributed by atoms with Crippen LogP contribution in [0.15, 0.2) is 48.0 Å². The van der Waals surface area contributed by atoms with Crippen LogP contribution < -0.4 is 42.8 Å². The Kier molecular flexibility index (Phi) is 9.29. The van der Waals surface area contributed by atoms with Crippen LogP contribution in [-0.4, -0.2) is 70.5 Å². The fraction of sp³-hybridized carbons (Fsp3) is 0.273. The van der Waals surface area contributed by atoms with Crippen molar-refractivity contribution in [3.05, 3.63) is 64.0 Å². The van der Waals surface area contributed by atoms with Crippen molar-refractivity contribution in [2.75, 3.05) is 64.3 Å². The van der Waals surface area contributed by atoms with Crippen molar-refractivity contribution < 1.29 is 47.8 Å². The van der Waals surface area contributed by atoms with E-state index < -0.39 is 11.5 Å². The lowest BCUT2D eigenvalue weighted by Gasteiger charge is -2.25. The van der Waals surface area contributed by atoms with Gasteiger partial charge in [-0.3, -0.25) is 0 Å². The second-order valence-corrected chi connectivity index (χ2v) is 18.3. The summed E-state index contributed by atoms with van der Waals surface area (Å²) in [5.41, 5.74) is 5.79. The van der Waals surface area contributed by atoms with E-state index in [-0.39, 0.29) is 6.61 Å². The molecule has 4 aromatic heterocycles. The van der Waals surface area contributed by atoms with Gasteiger partial charge >= 0.3 is 5.97 Å². The Morgan fingerprint density at radius 3 is 1.57 bits per heavy atom. The molecule has 304 valence electrons. The largest absolute Gasteiger partial charge is 0.485 e. The first kappa shape index (κ1) is 37.2. The molecular weight excluding hydrogens is 845 g/mol. The number of fused-ring (bicyclic) bond motifs is 6. The van der Waals surface area contributed by atoms with Gasteiger partial charge < -0.3 is 47.9 Å². The minimum absolute atomic E-state index is 0.287. The molecular formula is C44H34N2O10S4. The van der Waals surface area contributed by atoms with E-state index in [1.54, 1.807) is 28.7 Å². The van der Waals surface area contributed by atoms with Crippen molar-refractivity contribution in [1.82, 2.24) is 0 Å². The Morgan fingerprint density at radius 2 is 1.05 bits per heavy atom. The van der Waals surface area contributed by atoms with Crippen molar-refractivity contribution >= 4 is 68.8 Å². The quantitative estimate of drug-likeness (QED) is 0.121. The molecule has 16 heteroatoms. The maximum Gasteiger partial charge on any atom is 0.346 e. The molecule has 5 aliphatic heterocycles. The SMILES string of the molecule is CCN1c2ccccc2CCc2cc(-c3sc(-c4sc(-c5sc(-c6sc(/C=C(\C#N)C(=O)O)c7c6OCCO7)c6c5OCCO6)c5c4OCCO5)c4c3OCCO4)ccc21. The van der Waals surface area contributed by atoms with Crippen LogP contribution in [-0.2, 0) is 17.6 Å². The third-order valence-electron chi connectivity index (χ3n) is 10.8. The molecule has 0 amide bonds. The van der Waals surface area contributed by atoms with Gasteiger partial charge in [0.15, 0.2) is 46.0 Å². The minimum Gasteiger partial charge on any atom is -0.485 e. The highest BCUT2D eigenvalue weighted by Gasteiger charge is 2.38. The lowest BCUT2D eigenvalue weighted by molar-refractivity contribution is -0.132. The summed E-state index contributed by atoms with van der Waals surface area (Å²) < 4.78 is 50.6. The summed E-state index contributed by atoms with van der Waals surface area (Å²) in [7, 11) is 0. The molecule has 0 atom stereocenters. The molecule has 9 heterocycles. The predicted molar refractivity (Wildman–Crippen MR) is 231 cm³/mol. The summed E-state index contributed by atoms with van der Waals surface area (Å²) >= 11 is 5.91. The second kappa shape index (κ2) is 15.0. The van der Waals surface area contributed by atoms with Crippen LogP contribution in [0, 0.1) is 11.3 Å². The number of hydrogen-bond donors (Lipinski definition) is 1. The fourth-order valence-electron chi connectivity index (χ4n) is 8.20. The number of carboxylic acids is 1. The van der Waals surface area contributed by atoms with Gasteiger partial charge in [-0.2, -0.15) is 5.26 Å². The van der Waals surface area contributed by atoms with Crippen LogP contribution in [0.25, 0.3) is 45.8 Å². The number of rotatable bonds is 7. The Labute approximate surface area is 359 Å². The lowest BCUT2D eigenvalue weighted by atomic mass is 10.0. The molecule has 5 aliphatic rings. The molecule has 11 rings (SSSR count). The predicted octanol–water partition coefficient (Wildman–Crippen LogP) is 9.93. The molecule has 0 unspecified atom stereocenters. The molecule has 0 fully saturated rings. The second-order valence-electron chi connectivity index (χ2n) is 14.2. The van der Waals surface area contributed by atoms with Crippen LogP contribution in [0.2, 0.25) is 0 Å². The summed E-state index contributed by atoms with van der Waals surface area (Å²) in [5, 5.41) is 19.2. The van der Waals surface area contributed by atoms with E-state index in [9.17, 15) is 15.2 Å². The first-order valence-corrected chi connectivity index (χ1v) is 22.8. The molecule has 0 saturated carbocycles. The summed E-state index contributed by atoms with van der Waals surface area (Å²) in [6, 6.07) is 17.2. The summed E-state index contributed by atoms with van der Waals surface area (Å²) in [5.74, 6) is 3.35.